The molecule has 4 fully saturated rings. The second kappa shape index (κ2) is 15.8. The molecule has 5 atom stereocenters. The number of likely N-dealkylation sites (tertiary alicyclic amines) is 1. The molecule has 0 aromatic heterocycles. The molecule has 4 N–H and O–H groups in total. The zero-order chi connectivity index (χ0) is 35.3. The normalized spacial score (nSPS) is 26.0. The molecular formula is C38H63N5O5. The standard InChI is InChI=1S/C38H63N5O5/c1-8-16-27(31(44)33(46)39-23-9-2)40-32(45)30-28-26(37(28,6)7)24-43(30)34(47)29(25-17-12-10-13-18-25)41-35(48)42-38(19-14-11-15-20-38)22-21-36(3,4)5/h9,25-30H,2,8,10-24H2,1,3-7H3,(H,39,46)(H,40,45)(H2,41,42,48)/t26?,27?,28-,29-,30-/m0/s1. The molecule has 270 valence electrons. The summed E-state index contributed by atoms with van der Waals surface area (Å²) in [6.45, 7) is 17.0. The van der Waals surface area contributed by atoms with Gasteiger partial charge in [0.05, 0.1) is 6.04 Å². The minimum absolute atomic E-state index is 0.00879. The van der Waals surface area contributed by atoms with E-state index in [1.54, 1.807) is 4.90 Å². The molecule has 4 aliphatic rings. The van der Waals surface area contributed by atoms with Crippen LogP contribution < -0.4 is 21.3 Å². The maximum Gasteiger partial charge on any atom is 0.315 e. The number of urea groups is 1. The Hall–Kier alpha value is -2.91. The summed E-state index contributed by atoms with van der Waals surface area (Å²) in [4.78, 5) is 69.9. The van der Waals surface area contributed by atoms with Crippen molar-refractivity contribution in [3.63, 3.8) is 0 Å². The van der Waals surface area contributed by atoms with E-state index in [-0.39, 0.29) is 52.6 Å². The minimum Gasteiger partial charge on any atom is -0.346 e. The van der Waals surface area contributed by atoms with Gasteiger partial charge in [-0.25, -0.2) is 4.79 Å². The predicted octanol–water partition coefficient (Wildman–Crippen LogP) is 5.40. The number of hydrogen-bond acceptors (Lipinski definition) is 5. The number of nitrogens with zero attached hydrogens (tertiary/aromatic N) is 1. The van der Waals surface area contributed by atoms with Crippen molar-refractivity contribution in [1.29, 1.82) is 0 Å². The molecule has 0 spiro atoms. The lowest BCUT2D eigenvalue weighted by atomic mass is 9.75. The topological polar surface area (TPSA) is 137 Å². The van der Waals surface area contributed by atoms with E-state index in [4.69, 9.17) is 0 Å². The molecule has 48 heavy (non-hydrogen) atoms. The van der Waals surface area contributed by atoms with Crippen molar-refractivity contribution >= 4 is 29.5 Å². The van der Waals surface area contributed by atoms with Gasteiger partial charge in [0, 0.05) is 18.6 Å². The molecular weight excluding hydrogens is 606 g/mol. The maximum absolute atomic E-state index is 14.6. The number of piperidine rings is 1. The molecule has 0 radical (unpaired) electrons. The smallest absolute Gasteiger partial charge is 0.315 e. The average molecular weight is 670 g/mol. The fourth-order valence-corrected chi connectivity index (χ4v) is 8.76. The van der Waals surface area contributed by atoms with Gasteiger partial charge < -0.3 is 26.2 Å². The number of hydrogen-bond donors (Lipinski definition) is 4. The fraction of sp³-hybridized carbons (Fsp3) is 0.816. The monoisotopic (exact) mass is 669 g/mol. The Bertz CT molecular complexity index is 1200. The van der Waals surface area contributed by atoms with Gasteiger partial charge in [-0.2, -0.15) is 0 Å². The van der Waals surface area contributed by atoms with Crippen LogP contribution in [-0.4, -0.2) is 71.2 Å². The zero-order valence-electron chi connectivity index (χ0n) is 30.6. The van der Waals surface area contributed by atoms with Gasteiger partial charge in [-0.3, -0.25) is 19.2 Å². The second-order valence-electron chi connectivity index (χ2n) is 17.0. The summed E-state index contributed by atoms with van der Waals surface area (Å²) in [5.41, 5.74) is -0.258. The van der Waals surface area contributed by atoms with E-state index in [0.717, 1.165) is 70.6 Å². The van der Waals surface area contributed by atoms with Crippen molar-refractivity contribution in [3.05, 3.63) is 12.7 Å². The predicted molar refractivity (Wildman–Crippen MR) is 188 cm³/mol. The molecule has 0 bridgehead atoms. The van der Waals surface area contributed by atoms with Crippen molar-refractivity contribution < 1.29 is 24.0 Å². The number of fused-ring (bicyclic) bond motifs is 1. The zero-order valence-corrected chi connectivity index (χ0v) is 30.6. The SMILES string of the molecule is C=CCNC(=O)C(=O)C(CCC)NC(=O)[C@@H]1[C@@H]2C(CN1C(=O)[C@@H](NC(=O)NC1(CCC(C)(C)C)CCCCC1)C1CCCCC1)C2(C)C. The van der Waals surface area contributed by atoms with Crippen LogP contribution in [0.1, 0.15) is 131 Å². The Morgan fingerprint density at radius 2 is 1.60 bits per heavy atom. The highest BCUT2D eigenvalue weighted by Crippen LogP contribution is 2.65. The number of ketones is 1. The summed E-state index contributed by atoms with van der Waals surface area (Å²) in [6, 6.07) is -2.78. The van der Waals surface area contributed by atoms with Gasteiger partial charge >= 0.3 is 6.03 Å². The van der Waals surface area contributed by atoms with E-state index >= 15 is 0 Å². The van der Waals surface area contributed by atoms with Crippen molar-refractivity contribution in [2.45, 2.75) is 155 Å². The highest BCUT2D eigenvalue weighted by molar-refractivity contribution is 6.38. The molecule has 1 saturated heterocycles. The highest BCUT2D eigenvalue weighted by atomic mass is 16.2. The van der Waals surface area contributed by atoms with Crippen molar-refractivity contribution in [2.75, 3.05) is 13.1 Å². The van der Waals surface area contributed by atoms with E-state index in [1.807, 2.05) is 6.92 Å². The largest absolute Gasteiger partial charge is 0.346 e. The Kier molecular flexibility index (Phi) is 12.4. The third-order valence-electron chi connectivity index (χ3n) is 11.8. The van der Waals surface area contributed by atoms with Crippen molar-refractivity contribution in [1.82, 2.24) is 26.2 Å². The summed E-state index contributed by atoms with van der Waals surface area (Å²) in [5.74, 6) is -1.99. The van der Waals surface area contributed by atoms with Crippen LogP contribution in [0.25, 0.3) is 0 Å². The summed E-state index contributed by atoms with van der Waals surface area (Å²) in [6.07, 6.45) is 14.3. The van der Waals surface area contributed by atoms with Crippen molar-refractivity contribution in [3.8, 4) is 0 Å². The molecule has 4 rings (SSSR count). The number of rotatable bonds is 14. The Labute approximate surface area is 288 Å². The first-order chi connectivity index (χ1) is 22.6. The van der Waals surface area contributed by atoms with E-state index in [2.05, 4.69) is 62.5 Å². The van der Waals surface area contributed by atoms with Gasteiger partial charge in [0.2, 0.25) is 17.6 Å². The first-order valence-electron chi connectivity index (χ1n) is 18.8. The van der Waals surface area contributed by atoms with Crippen LogP contribution in [0.5, 0.6) is 0 Å². The summed E-state index contributed by atoms with van der Waals surface area (Å²) >= 11 is 0. The lowest BCUT2D eigenvalue weighted by Crippen LogP contribution is -2.62. The lowest BCUT2D eigenvalue weighted by molar-refractivity contribution is -0.144. The molecule has 0 aromatic carbocycles. The molecule has 1 heterocycles. The van der Waals surface area contributed by atoms with Crippen LogP contribution in [0.4, 0.5) is 4.79 Å². The third kappa shape index (κ3) is 9.00. The third-order valence-corrected chi connectivity index (χ3v) is 11.8. The van der Waals surface area contributed by atoms with Gasteiger partial charge in [0.25, 0.3) is 5.91 Å². The van der Waals surface area contributed by atoms with Crippen LogP contribution in [0.2, 0.25) is 0 Å². The van der Waals surface area contributed by atoms with E-state index in [0.29, 0.717) is 19.4 Å². The fourth-order valence-electron chi connectivity index (χ4n) is 8.76. The molecule has 3 aliphatic carbocycles. The Balaban J connectivity index is 1.54. The van der Waals surface area contributed by atoms with Gasteiger partial charge in [0.15, 0.2) is 0 Å². The number of carbonyl (C=O) groups is 5. The number of nitrogens with one attached hydrogen (secondary N) is 4. The van der Waals surface area contributed by atoms with Crippen LogP contribution in [-0.2, 0) is 19.2 Å². The Morgan fingerprint density at radius 1 is 0.958 bits per heavy atom. The van der Waals surface area contributed by atoms with Crippen molar-refractivity contribution in [2.24, 2.45) is 28.6 Å². The summed E-state index contributed by atoms with van der Waals surface area (Å²) in [5, 5.41) is 11.9. The highest BCUT2D eigenvalue weighted by Gasteiger charge is 2.69. The summed E-state index contributed by atoms with van der Waals surface area (Å²) < 4.78 is 0. The van der Waals surface area contributed by atoms with Crippen LogP contribution in [0.3, 0.4) is 0 Å². The Morgan fingerprint density at radius 3 is 2.21 bits per heavy atom. The molecule has 5 amide bonds. The molecule has 0 aromatic rings. The van der Waals surface area contributed by atoms with E-state index in [1.165, 1.54) is 12.5 Å². The summed E-state index contributed by atoms with van der Waals surface area (Å²) in [7, 11) is 0. The first kappa shape index (κ1) is 37.9. The lowest BCUT2D eigenvalue weighted by Gasteiger charge is -2.41. The van der Waals surface area contributed by atoms with Crippen LogP contribution in [0.15, 0.2) is 12.7 Å². The molecule has 2 unspecified atom stereocenters. The van der Waals surface area contributed by atoms with Gasteiger partial charge in [-0.05, 0) is 73.5 Å². The first-order valence-corrected chi connectivity index (χ1v) is 18.8. The van der Waals surface area contributed by atoms with Gasteiger partial charge in [-0.15, -0.1) is 6.58 Å². The number of carbonyl (C=O) groups excluding carboxylic acids is 5. The van der Waals surface area contributed by atoms with Gasteiger partial charge in [0.1, 0.15) is 12.1 Å². The van der Waals surface area contributed by atoms with E-state index < -0.39 is 35.7 Å². The number of amides is 5. The molecule has 10 heteroatoms. The van der Waals surface area contributed by atoms with Gasteiger partial charge in [-0.1, -0.05) is 92.6 Å². The van der Waals surface area contributed by atoms with E-state index in [9.17, 15) is 24.0 Å². The molecule has 10 nitrogen and oxygen atoms in total. The average Bonchev–Trinajstić information content (AvgIpc) is 3.35. The molecule has 3 saturated carbocycles. The van der Waals surface area contributed by atoms with Crippen LogP contribution in [0, 0.1) is 28.6 Å². The molecule has 1 aliphatic heterocycles. The number of Topliss-reactive ketones (excluding diaryl/α,β-unsaturated/α-hetero) is 1. The second-order valence-corrected chi connectivity index (χ2v) is 17.0. The minimum atomic E-state index is -0.983. The maximum atomic E-state index is 14.6. The van der Waals surface area contributed by atoms with Crippen LogP contribution >= 0.6 is 0 Å². The quantitative estimate of drug-likeness (QED) is 0.145.